The van der Waals surface area contributed by atoms with Crippen LogP contribution in [-0.2, 0) is 9.53 Å². The van der Waals surface area contributed by atoms with Gasteiger partial charge in [0, 0.05) is 0 Å². The van der Waals surface area contributed by atoms with Crippen LogP contribution in [0.3, 0.4) is 0 Å². The molecule has 0 aromatic heterocycles. The molecule has 1 rings (SSSR count). The Morgan fingerprint density at radius 3 is 2.57 bits per heavy atom. The molecule has 1 fully saturated rings. The van der Waals surface area contributed by atoms with Gasteiger partial charge in [0.05, 0.1) is 25.2 Å². The number of rotatable bonds is 5. The molecule has 0 radical (unpaired) electrons. The van der Waals surface area contributed by atoms with Crippen LogP contribution in [0.5, 0.6) is 0 Å². The van der Waals surface area contributed by atoms with Crippen LogP contribution < -0.4 is 0 Å². The van der Waals surface area contributed by atoms with Crippen molar-refractivity contribution in [2.75, 3.05) is 6.61 Å². The van der Waals surface area contributed by atoms with E-state index in [4.69, 9.17) is 9.84 Å². The molecule has 1 atom stereocenters. The molecule has 0 bridgehead atoms. The predicted molar refractivity (Wildman–Crippen MR) is 51.1 cm³/mol. The maximum Gasteiger partial charge on any atom is 0.306 e. The Hall–Kier alpha value is -0.610. The zero-order valence-corrected chi connectivity index (χ0v) is 8.32. The van der Waals surface area contributed by atoms with Crippen molar-refractivity contribution >= 4 is 5.97 Å². The topological polar surface area (TPSA) is 66.8 Å². The van der Waals surface area contributed by atoms with Crippen molar-refractivity contribution in [3.8, 4) is 0 Å². The lowest BCUT2D eigenvalue weighted by Gasteiger charge is -2.23. The summed E-state index contributed by atoms with van der Waals surface area (Å²) in [6.07, 6.45) is 4.84. The highest BCUT2D eigenvalue weighted by atomic mass is 16.5. The van der Waals surface area contributed by atoms with Crippen LogP contribution in [0.1, 0.15) is 38.5 Å². The van der Waals surface area contributed by atoms with E-state index in [-0.39, 0.29) is 19.1 Å². The number of aliphatic carboxylic acids is 1. The first-order valence-electron chi connectivity index (χ1n) is 5.20. The number of aliphatic hydroxyl groups is 1. The summed E-state index contributed by atoms with van der Waals surface area (Å²) in [5.74, 6) is -0.982. The molecule has 0 aliphatic heterocycles. The molecule has 0 heterocycles. The molecule has 4 heteroatoms. The van der Waals surface area contributed by atoms with Crippen molar-refractivity contribution in [3.05, 3.63) is 0 Å². The molecule has 0 amide bonds. The lowest BCUT2D eigenvalue weighted by Crippen LogP contribution is -2.25. The number of hydrogen-bond acceptors (Lipinski definition) is 3. The maximum absolute atomic E-state index is 10.2. The summed E-state index contributed by atoms with van der Waals surface area (Å²) in [4.78, 5) is 10.2. The number of aliphatic hydroxyl groups excluding tert-OH is 1. The SMILES string of the molecule is O=C(O)CC(O)COC1CCCCC1. The fourth-order valence-corrected chi connectivity index (χ4v) is 1.74. The van der Waals surface area contributed by atoms with Crippen LogP contribution in [0.4, 0.5) is 0 Å². The first-order valence-corrected chi connectivity index (χ1v) is 5.20. The normalized spacial score (nSPS) is 20.6. The van der Waals surface area contributed by atoms with E-state index in [1.165, 1.54) is 19.3 Å². The van der Waals surface area contributed by atoms with Crippen LogP contribution in [0.15, 0.2) is 0 Å². The molecule has 0 aromatic rings. The van der Waals surface area contributed by atoms with Crippen LogP contribution in [0, 0.1) is 0 Å². The summed E-state index contributed by atoms with van der Waals surface area (Å²) >= 11 is 0. The number of carboxylic acids is 1. The van der Waals surface area contributed by atoms with Crippen LogP contribution in [-0.4, -0.2) is 35.0 Å². The first kappa shape index (κ1) is 11.5. The Morgan fingerprint density at radius 1 is 1.36 bits per heavy atom. The second kappa shape index (κ2) is 5.98. The third-order valence-electron chi connectivity index (χ3n) is 2.49. The molecule has 1 aliphatic carbocycles. The van der Waals surface area contributed by atoms with Crippen molar-refractivity contribution in [2.45, 2.75) is 50.7 Å². The van der Waals surface area contributed by atoms with Gasteiger partial charge in [0.25, 0.3) is 0 Å². The molecule has 0 saturated heterocycles. The molecule has 82 valence electrons. The van der Waals surface area contributed by atoms with Gasteiger partial charge in [-0.1, -0.05) is 19.3 Å². The minimum Gasteiger partial charge on any atom is -0.481 e. The van der Waals surface area contributed by atoms with E-state index in [9.17, 15) is 9.90 Å². The van der Waals surface area contributed by atoms with Gasteiger partial charge in [-0.2, -0.15) is 0 Å². The molecule has 0 spiro atoms. The highest BCUT2D eigenvalue weighted by molar-refractivity contribution is 5.67. The third kappa shape index (κ3) is 4.58. The van der Waals surface area contributed by atoms with Gasteiger partial charge in [-0.3, -0.25) is 4.79 Å². The van der Waals surface area contributed by atoms with E-state index in [2.05, 4.69) is 0 Å². The van der Waals surface area contributed by atoms with Gasteiger partial charge in [0.1, 0.15) is 0 Å². The lowest BCUT2D eigenvalue weighted by atomic mass is 9.98. The smallest absolute Gasteiger partial charge is 0.306 e. The van der Waals surface area contributed by atoms with E-state index in [1.54, 1.807) is 0 Å². The van der Waals surface area contributed by atoms with E-state index in [0.717, 1.165) is 12.8 Å². The zero-order chi connectivity index (χ0) is 10.4. The number of carbonyl (C=O) groups is 1. The van der Waals surface area contributed by atoms with Gasteiger partial charge in [0.15, 0.2) is 0 Å². The second-order valence-electron chi connectivity index (χ2n) is 3.85. The lowest BCUT2D eigenvalue weighted by molar-refractivity contribution is -0.140. The minimum atomic E-state index is -0.982. The average molecular weight is 202 g/mol. The van der Waals surface area contributed by atoms with Crippen molar-refractivity contribution in [1.82, 2.24) is 0 Å². The van der Waals surface area contributed by atoms with Gasteiger partial charge >= 0.3 is 5.97 Å². The fourth-order valence-electron chi connectivity index (χ4n) is 1.74. The fraction of sp³-hybridized carbons (Fsp3) is 0.900. The third-order valence-corrected chi connectivity index (χ3v) is 2.49. The quantitative estimate of drug-likeness (QED) is 0.702. The van der Waals surface area contributed by atoms with Crippen molar-refractivity contribution in [2.24, 2.45) is 0 Å². The molecular formula is C10H18O4. The van der Waals surface area contributed by atoms with Crippen molar-refractivity contribution < 1.29 is 19.7 Å². The summed E-state index contributed by atoms with van der Waals surface area (Å²) in [6, 6.07) is 0. The van der Waals surface area contributed by atoms with Crippen molar-refractivity contribution in [3.63, 3.8) is 0 Å². The Labute approximate surface area is 83.9 Å². The van der Waals surface area contributed by atoms with Gasteiger partial charge in [-0.05, 0) is 12.8 Å². The zero-order valence-electron chi connectivity index (χ0n) is 8.32. The first-order chi connectivity index (χ1) is 6.68. The van der Waals surface area contributed by atoms with E-state index >= 15 is 0 Å². The Balaban J connectivity index is 2.09. The Kier molecular flexibility index (Phi) is 4.90. The standard InChI is InChI=1S/C10H18O4/c11-8(6-10(12)13)7-14-9-4-2-1-3-5-9/h8-9,11H,1-7H2,(H,12,13). The highest BCUT2D eigenvalue weighted by Gasteiger charge is 2.16. The Morgan fingerprint density at radius 2 is 2.00 bits per heavy atom. The number of carboxylic acid groups (broad SMARTS) is 1. The van der Waals surface area contributed by atoms with Crippen LogP contribution in [0.2, 0.25) is 0 Å². The number of ether oxygens (including phenoxy) is 1. The van der Waals surface area contributed by atoms with Gasteiger partial charge in [-0.15, -0.1) is 0 Å². The summed E-state index contributed by atoms with van der Waals surface area (Å²) in [7, 11) is 0. The monoisotopic (exact) mass is 202 g/mol. The highest BCUT2D eigenvalue weighted by Crippen LogP contribution is 2.20. The minimum absolute atomic E-state index is 0.150. The summed E-state index contributed by atoms with van der Waals surface area (Å²) in [5.41, 5.74) is 0. The molecule has 2 N–H and O–H groups in total. The van der Waals surface area contributed by atoms with E-state index < -0.39 is 12.1 Å². The molecule has 1 unspecified atom stereocenters. The van der Waals surface area contributed by atoms with Gasteiger partial charge in [0.2, 0.25) is 0 Å². The van der Waals surface area contributed by atoms with Crippen molar-refractivity contribution in [1.29, 1.82) is 0 Å². The average Bonchev–Trinajstić information content (AvgIpc) is 2.15. The molecule has 14 heavy (non-hydrogen) atoms. The second-order valence-corrected chi connectivity index (χ2v) is 3.85. The predicted octanol–water partition coefficient (Wildman–Crippen LogP) is 1.17. The van der Waals surface area contributed by atoms with Gasteiger partial charge in [-0.25, -0.2) is 0 Å². The van der Waals surface area contributed by atoms with E-state index in [0.29, 0.717) is 0 Å². The molecule has 1 aliphatic rings. The summed E-state index contributed by atoms with van der Waals surface area (Å²) in [6.45, 7) is 0.150. The van der Waals surface area contributed by atoms with Crippen LogP contribution in [0.25, 0.3) is 0 Å². The van der Waals surface area contributed by atoms with Crippen LogP contribution >= 0.6 is 0 Å². The molecule has 4 nitrogen and oxygen atoms in total. The summed E-state index contributed by atoms with van der Waals surface area (Å²) < 4.78 is 5.43. The largest absolute Gasteiger partial charge is 0.481 e. The Bertz CT molecular complexity index is 175. The van der Waals surface area contributed by atoms with E-state index in [1.807, 2.05) is 0 Å². The molecule has 1 saturated carbocycles. The number of hydrogen-bond donors (Lipinski definition) is 2. The molecular weight excluding hydrogens is 184 g/mol. The summed E-state index contributed by atoms with van der Waals surface area (Å²) in [5, 5.41) is 17.6. The maximum atomic E-state index is 10.2. The van der Waals surface area contributed by atoms with Gasteiger partial charge < -0.3 is 14.9 Å². The molecule has 0 aromatic carbocycles.